The molecule has 1 saturated heterocycles. The molecule has 9 rings (SSSR count). The quantitative estimate of drug-likeness (QED) is 0.0742. The number of benzene rings is 2. The Morgan fingerprint density at radius 1 is 0.809 bits per heavy atom. The Morgan fingerprint density at radius 3 is 2.00 bits per heavy atom. The van der Waals surface area contributed by atoms with Gasteiger partial charge in [-0.3, -0.25) is 9.59 Å². The van der Waals surface area contributed by atoms with Crippen molar-refractivity contribution >= 4 is 141 Å². The number of carbonyl (C=O) groups excluding carboxylic acids is 3. The van der Waals surface area contributed by atoms with Gasteiger partial charge >= 0.3 is 17.9 Å². The van der Waals surface area contributed by atoms with E-state index in [0.29, 0.717) is 41.2 Å². The predicted molar refractivity (Wildman–Crippen MR) is 208 cm³/mol. The standard InChI is InChI=1S/C32H27I5O9S/c33-23-22(24(34)26(36)27(37)25(23)35)32(40)46-29-16-9-17-21(31(39)45-28(17)29)20(16)30(38)44-14-1-2-18(47(41,42)43)15(8-14)19-12-4-10-3-11(6-12)7-13(19)5-10/h1-2,8,10-13,16-17,19-21,28-29H,3-7,9H2,(H,41,42,43)/p-1. The molecule has 15 heteroatoms. The minimum atomic E-state index is -4.76. The molecule has 0 radical (unpaired) electrons. The molecule has 7 aliphatic rings. The second kappa shape index (κ2) is 12.5. The van der Waals surface area contributed by atoms with Gasteiger partial charge in [-0.05, 0) is 205 Å². The van der Waals surface area contributed by atoms with Crippen LogP contribution in [-0.2, 0) is 29.2 Å². The van der Waals surface area contributed by atoms with E-state index in [4.69, 9.17) is 14.2 Å². The van der Waals surface area contributed by atoms with Crippen LogP contribution in [0.5, 0.6) is 5.75 Å². The fourth-order valence-electron chi connectivity index (χ4n) is 10.1. The van der Waals surface area contributed by atoms with Crippen molar-refractivity contribution in [2.75, 3.05) is 0 Å². The van der Waals surface area contributed by atoms with Crippen LogP contribution in [-0.4, -0.2) is 43.1 Å². The SMILES string of the molecule is O=C(OC1C2CC3C1OC(=O)C3C2C(=O)Oc1ccc(S(=O)(=O)[O-])c(C2C3CC4CC(C3)CC2C4)c1)c1c(I)c(I)c(I)c(I)c1I. The van der Waals surface area contributed by atoms with Crippen LogP contribution in [0.4, 0.5) is 0 Å². The minimum absolute atomic E-state index is 0.0741. The van der Waals surface area contributed by atoms with E-state index in [0.717, 1.165) is 43.5 Å². The van der Waals surface area contributed by atoms with Crippen LogP contribution in [0.1, 0.15) is 60.4 Å². The molecule has 6 saturated carbocycles. The average Bonchev–Trinajstić information content (AvgIpc) is 3.62. The molecule has 6 unspecified atom stereocenters. The number of carbonyl (C=O) groups is 3. The smallest absolute Gasteiger partial charge is 0.340 e. The van der Waals surface area contributed by atoms with Crippen LogP contribution in [0, 0.1) is 65.2 Å². The van der Waals surface area contributed by atoms with Gasteiger partial charge in [0.05, 0.1) is 22.3 Å². The maximum atomic E-state index is 13.9. The van der Waals surface area contributed by atoms with Gasteiger partial charge in [0.2, 0.25) is 0 Å². The first-order valence-electron chi connectivity index (χ1n) is 15.5. The number of hydrogen-bond acceptors (Lipinski definition) is 9. The van der Waals surface area contributed by atoms with Gasteiger partial charge in [-0.1, -0.05) is 0 Å². The third-order valence-corrected chi connectivity index (χ3v) is 22.0. The first-order chi connectivity index (χ1) is 22.2. The van der Waals surface area contributed by atoms with Crippen molar-refractivity contribution in [3.8, 4) is 5.75 Å². The van der Waals surface area contributed by atoms with Gasteiger partial charge < -0.3 is 18.8 Å². The van der Waals surface area contributed by atoms with Crippen molar-refractivity contribution in [2.45, 2.75) is 61.5 Å². The van der Waals surface area contributed by atoms with Crippen LogP contribution >= 0.6 is 113 Å². The predicted octanol–water partition coefficient (Wildman–Crippen LogP) is 7.09. The molecule has 2 aromatic rings. The lowest BCUT2D eigenvalue weighted by atomic mass is 9.51. The zero-order valence-corrected chi connectivity index (χ0v) is 35.9. The molecule has 6 atom stereocenters. The van der Waals surface area contributed by atoms with E-state index in [1.165, 1.54) is 18.6 Å². The molecule has 250 valence electrons. The van der Waals surface area contributed by atoms with Gasteiger partial charge in [-0.15, -0.1) is 0 Å². The third kappa shape index (κ3) is 5.64. The fraction of sp³-hybridized carbons (Fsp3) is 0.531. The molecule has 7 fully saturated rings. The van der Waals surface area contributed by atoms with Crippen LogP contribution in [0.3, 0.4) is 0 Å². The Balaban J connectivity index is 1.07. The molecule has 0 amide bonds. The number of ether oxygens (including phenoxy) is 3. The van der Waals surface area contributed by atoms with E-state index in [1.807, 2.05) is 0 Å². The second-order valence-corrected chi connectivity index (χ2v) is 20.6. The Hall–Kier alpha value is 0.410. The van der Waals surface area contributed by atoms with Gasteiger partial charge in [0.25, 0.3) is 0 Å². The first-order valence-corrected chi connectivity index (χ1v) is 22.3. The van der Waals surface area contributed by atoms with E-state index in [2.05, 4.69) is 113 Å². The van der Waals surface area contributed by atoms with Crippen molar-refractivity contribution in [3.05, 3.63) is 47.2 Å². The van der Waals surface area contributed by atoms with Crippen molar-refractivity contribution < 1.29 is 41.6 Å². The van der Waals surface area contributed by atoms with Gasteiger partial charge in [0.15, 0.2) is 0 Å². The van der Waals surface area contributed by atoms with Crippen molar-refractivity contribution in [1.29, 1.82) is 0 Å². The highest BCUT2D eigenvalue weighted by Crippen LogP contribution is 2.61. The van der Waals surface area contributed by atoms with E-state index in [9.17, 15) is 27.4 Å². The topological polar surface area (TPSA) is 136 Å². The first kappa shape index (κ1) is 34.5. The van der Waals surface area contributed by atoms with Crippen LogP contribution < -0.4 is 4.74 Å². The lowest BCUT2D eigenvalue weighted by Crippen LogP contribution is -2.44. The lowest BCUT2D eigenvalue weighted by Gasteiger charge is -2.55. The normalized spacial score (nSPS) is 36.1. The summed E-state index contributed by atoms with van der Waals surface area (Å²) >= 11 is 11.0. The van der Waals surface area contributed by atoms with Gasteiger partial charge in [-0.25, -0.2) is 13.2 Å². The summed E-state index contributed by atoms with van der Waals surface area (Å²) in [6.45, 7) is 0. The van der Waals surface area contributed by atoms with E-state index < -0.39 is 58.0 Å². The molecule has 6 aliphatic carbocycles. The van der Waals surface area contributed by atoms with Gasteiger partial charge in [0.1, 0.15) is 28.1 Å². The third-order valence-electron chi connectivity index (χ3n) is 11.5. The monoisotopic (exact) mass is 1220 g/mol. The number of halogens is 5. The minimum Gasteiger partial charge on any atom is -0.744 e. The Labute approximate surface area is 340 Å². The Kier molecular flexibility index (Phi) is 9.19. The molecule has 9 nitrogen and oxygen atoms in total. The highest BCUT2D eigenvalue weighted by Gasteiger charge is 2.70. The van der Waals surface area contributed by atoms with Crippen molar-refractivity contribution in [1.82, 2.24) is 0 Å². The lowest BCUT2D eigenvalue weighted by molar-refractivity contribution is -0.149. The fourth-order valence-corrected chi connectivity index (χ4v) is 16.1. The molecule has 1 heterocycles. The number of rotatable bonds is 6. The Bertz CT molecular complexity index is 1810. The Morgan fingerprint density at radius 2 is 1.40 bits per heavy atom. The summed E-state index contributed by atoms with van der Waals surface area (Å²) < 4.78 is 59.5. The summed E-state index contributed by atoms with van der Waals surface area (Å²) in [6, 6.07) is 4.19. The zero-order chi connectivity index (χ0) is 33.3. The molecule has 2 aromatic carbocycles. The molecule has 0 N–H and O–H groups in total. The molecule has 1 aliphatic heterocycles. The summed E-state index contributed by atoms with van der Waals surface area (Å²) in [5.41, 5.74) is 0.902. The van der Waals surface area contributed by atoms with Gasteiger partial charge in [0, 0.05) is 29.7 Å². The summed E-state index contributed by atoms with van der Waals surface area (Å²) in [5.74, 6) is -1.99. The molecule has 47 heavy (non-hydrogen) atoms. The number of hydrogen-bond donors (Lipinski definition) is 0. The van der Waals surface area contributed by atoms with E-state index in [1.54, 1.807) is 6.07 Å². The van der Waals surface area contributed by atoms with E-state index in [-0.39, 0.29) is 22.5 Å². The summed E-state index contributed by atoms with van der Waals surface area (Å²) in [6.07, 6.45) is 4.39. The van der Waals surface area contributed by atoms with Crippen molar-refractivity contribution in [2.24, 2.45) is 47.3 Å². The maximum absolute atomic E-state index is 13.9. The second-order valence-electron chi connectivity index (χ2n) is 13.9. The molecular formula is C32H26I5O9S-. The number of esters is 3. The molecular weight excluding hydrogens is 1190 g/mol. The number of fused-ring (bicyclic) bond motifs is 1. The van der Waals surface area contributed by atoms with Crippen molar-refractivity contribution in [3.63, 3.8) is 0 Å². The molecule has 6 bridgehead atoms. The summed E-state index contributed by atoms with van der Waals surface area (Å²) in [7, 11) is -4.76. The highest BCUT2D eigenvalue weighted by atomic mass is 127. The average molecular weight is 1220 g/mol. The van der Waals surface area contributed by atoms with Crippen LogP contribution in [0.25, 0.3) is 0 Å². The highest BCUT2D eigenvalue weighted by molar-refractivity contribution is 14.1. The maximum Gasteiger partial charge on any atom is 0.340 e. The summed E-state index contributed by atoms with van der Waals surface area (Å²) in [5, 5.41) is 0. The van der Waals surface area contributed by atoms with E-state index >= 15 is 0 Å². The van der Waals surface area contributed by atoms with Crippen LogP contribution in [0.2, 0.25) is 0 Å². The molecule has 0 spiro atoms. The van der Waals surface area contributed by atoms with Gasteiger partial charge in [-0.2, -0.15) is 0 Å². The summed E-state index contributed by atoms with van der Waals surface area (Å²) in [4.78, 5) is 40.5. The zero-order valence-electron chi connectivity index (χ0n) is 24.3. The largest absolute Gasteiger partial charge is 0.744 e. The molecule has 0 aromatic heterocycles. The van der Waals surface area contributed by atoms with Crippen LogP contribution in [0.15, 0.2) is 23.1 Å².